The van der Waals surface area contributed by atoms with Crippen LogP contribution in [0.5, 0.6) is 0 Å². The Morgan fingerprint density at radius 1 is 1.11 bits per heavy atom. The summed E-state index contributed by atoms with van der Waals surface area (Å²) in [6.45, 7) is -0.328. The van der Waals surface area contributed by atoms with E-state index >= 15 is 0 Å². The summed E-state index contributed by atoms with van der Waals surface area (Å²) >= 11 is 11.9. The Bertz CT molecular complexity index is 1020. The van der Waals surface area contributed by atoms with Crippen molar-refractivity contribution in [1.29, 1.82) is 0 Å². The third kappa shape index (κ3) is 3.69. The number of non-ortho nitro benzene ring substituents is 1. The van der Waals surface area contributed by atoms with E-state index in [0.29, 0.717) is 15.6 Å². The number of carbonyl (C=O) groups is 3. The lowest BCUT2D eigenvalue weighted by Gasteiger charge is -2.21. The Morgan fingerprint density at radius 2 is 1.79 bits per heavy atom. The first kappa shape index (κ1) is 19.8. The van der Waals surface area contributed by atoms with Crippen LogP contribution in [0, 0.1) is 10.1 Å². The van der Waals surface area contributed by atoms with E-state index in [0.717, 1.165) is 17.0 Å². The first-order chi connectivity index (χ1) is 13.2. The highest BCUT2D eigenvalue weighted by Gasteiger charge is 2.38. The van der Waals surface area contributed by atoms with Gasteiger partial charge in [-0.05, 0) is 23.8 Å². The van der Waals surface area contributed by atoms with Crippen LogP contribution in [0.3, 0.4) is 0 Å². The normalized spacial score (nSPS) is 12.9. The molecule has 144 valence electrons. The zero-order valence-corrected chi connectivity index (χ0v) is 16.0. The Kier molecular flexibility index (Phi) is 5.35. The lowest BCUT2D eigenvalue weighted by Crippen LogP contribution is -2.41. The minimum Gasteiger partial charge on any atom is -0.340 e. The topological polar surface area (TPSA) is 101 Å². The number of fused-ring (bicyclic) bond motifs is 1. The highest BCUT2D eigenvalue weighted by Crippen LogP contribution is 2.27. The monoisotopic (exact) mass is 421 g/mol. The smallest absolute Gasteiger partial charge is 0.270 e. The van der Waals surface area contributed by atoms with Gasteiger partial charge in [-0.15, -0.1) is 0 Å². The zero-order chi connectivity index (χ0) is 20.6. The Morgan fingerprint density at radius 3 is 2.43 bits per heavy atom. The van der Waals surface area contributed by atoms with E-state index in [1.807, 2.05) is 0 Å². The van der Waals surface area contributed by atoms with Crippen LogP contribution < -0.4 is 0 Å². The molecule has 1 heterocycles. The van der Waals surface area contributed by atoms with Crippen LogP contribution in [0.2, 0.25) is 10.0 Å². The van der Waals surface area contributed by atoms with E-state index in [2.05, 4.69) is 0 Å². The summed E-state index contributed by atoms with van der Waals surface area (Å²) < 4.78 is 0. The van der Waals surface area contributed by atoms with Crippen molar-refractivity contribution >= 4 is 46.6 Å². The van der Waals surface area contributed by atoms with Crippen LogP contribution in [0.15, 0.2) is 36.4 Å². The van der Waals surface area contributed by atoms with Gasteiger partial charge in [0.2, 0.25) is 5.91 Å². The summed E-state index contributed by atoms with van der Waals surface area (Å²) in [4.78, 5) is 49.7. The average molecular weight is 422 g/mol. The molecule has 0 aromatic heterocycles. The first-order valence-electron chi connectivity index (χ1n) is 8.01. The summed E-state index contributed by atoms with van der Waals surface area (Å²) in [5.41, 5.74) is 0.296. The second-order valence-corrected chi connectivity index (χ2v) is 7.01. The SMILES string of the molecule is CN(Cc1ccc(Cl)cc1Cl)C(=O)CN1C(=O)c2ccc([N+](=O)[O-])cc2C1=O. The molecule has 0 spiro atoms. The van der Waals surface area contributed by atoms with Gasteiger partial charge in [0.15, 0.2) is 0 Å². The fraction of sp³-hybridized carbons (Fsp3) is 0.167. The Balaban J connectivity index is 1.74. The van der Waals surface area contributed by atoms with Crippen LogP contribution >= 0.6 is 23.2 Å². The predicted molar refractivity (Wildman–Crippen MR) is 101 cm³/mol. The molecular formula is C18H13Cl2N3O5. The van der Waals surface area contributed by atoms with Gasteiger partial charge in [-0.2, -0.15) is 0 Å². The van der Waals surface area contributed by atoms with Gasteiger partial charge in [0.1, 0.15) is 6.54 Å². The highest BCUT2D eigenvalue weighted by molar-refractivity contribution is 6.35. The first-order valence-corrected chi connectivity index (χ1v) is 8.77. The second-order valence-electron chi connectivity index (χ2n) is 6.17. The molecule has 0 unspecified atom stereocenters. The van der Waals surface area contributed by atoms with Gasteiger partial charge in [-0.1, -0.05) is 29.3 Å². The van der Waals surface area contributed by atoms with Gasteiger partial charge < -0.3 is 4.90 Å². The average Bonchev–Trinajstić information content (AvgIpc) is 2.88. The van der Waals surface area contributed by atoms with Crippen LogP contribution in [0.1, 0.15) is 26.3 Å². The number of hydrogen-bond acceptors (Lipinski definition) is 5. The van der Waals surface area contributed by atoms with Gasteiger partial charge in [-0.25, -0.2) is 0 Å². The molecule has 2 aromatic rings. The molecule has 3 rings (SSSR count). The van der Waals surface area contributed by atoms with Crippen molar-refractivity contribution in [2.45, 2.75) is 6.54 Å². The van der Waals surface area contributed by atoms with Gasteiger partial charge in [0.25, 0.3) is 17.5 Å². The van der Waals surface area contributed by atoms with Crippen molar-refractivity contribution in [2.75, 3.05) is 13.6 Å². The molecule has 0 saturated carbocycles. The summed E-state index contributed by atoms with van der Waals surface area (Å²) in [6, 6.07) is 8.26. The van der Waals surface area contributed by atoms with Crippen molar-refractivity contribution in [3.05, 3.63) is 73.2 Å². The number of carbonyl (C=O) groups excluding carboxylic acids is 3. The predicted octanol–water partition coefficient (Wildman–Crippen LogP) is 3.16. The van der Waals surface area contributed by atoms with Crippen LogP contribution in [0.25, 0.3) is 0 Å². The van der Waals surface area contributed by atoms with Crippen molar-refractivity contribution in [3.63, 3.8) is 0 Å². The highest BCUT2D eigenvalue weighted by atomic mass is 35.5. The molecule has 0 fully saturated rings. The molecule has 8 nitrogen and oxygen atoms in total. The van der Waals surface area contributed by atoms with Crippen LogP contribution in [-0.2, 0) is 11.3 Å². The number of benzene rings is 2. The van der Waals surface area contributed by atoms with Crippen molar-refractivity contribution in [3.8, 4) is 0 Å². The van der Waals surface area contributed by atoms with Crippen molar-refractivity contribution < 1.29 is 19.3 Å². The Hall–Kier alpha value is -2.97. The largest absolute Gasteiger partial charge is 0.340 e. The van der Waals surface area contributed by atoms with Crippen molar-refractivity contribution in [2.24, 2.45) is 0 Å². The molecule has 3 amide bonds. The molecule has 0 aliphatic carbocycles. The third-order valence-corrected chi connectivity index (χ3v) is 4.89. The van der Waals surface area contributed by atoms with Crippen LogP contribution in [0.4, 0.5) is 5.69 Å². The summed E-state index contributed by atoms with van der Waals surface area (Å²) in [5.74, 6) is -1.90. The number of nitro benzene ring substituents is 1. The van der Waals surface area contributed by atoms with Gasteiger partial charge >= 0.3 is 0 Å². The maximum atomic E-state index is 12.5. The second kappa shape index (κ2) is 7.57. The van der Waals surface area contributed by atoms with E-state index in [-0.39, 0.29) is 23.4 Å². The zero-order valence-electron chi connectivity index (χ0n) is 14.5. The maximum absolute atomic E-state index is 12.5. The lowest BCUT2D eigenvalue weighted by atomic mass is 10.1. The maximum Gasteiger partial charge on any atom is 0.270 e. The molecule has 2 aromatic carbocycles. The van der Waals surface area contributed by atoms with Crippen molar-refractivity contribution in [1.82, 2.24) is 9.80 Å². The molecule has 0 saturated heterocycles. The minimum atomic E-state index is -0.741. The number of hydrogen-bond donors (Lipinski definition) is 0. The summed E-state index contributed by atoms with van der Waals surface area (Å²) in [5, 5.41) is 11.7. The van der Waals surface area contributed by atoms with E-state index in [9.17, 15) is 24.5 Å². The molecule has 0 atom stereocenters. The molecule has 10 heteroatoms. The molecule has 28 heavy (non-hydrogen) atoms. The standard InChI is InChI=1S/C18H13Cl2N3O5/c1-21(8-10-2-3-11(19)6-15(10)20)16(24)9-22-17(25)13-5-4-12(23(27)28)7-14(13)18(22)26/h2-7H,8-9H2,1H3. The van der Waals surface area contributed by atoms with Gasteiger partial charge in [0.05, 0.1) is 16.1 Å². The van der Waals surface area contributed by atoms with Gasteiger partial charge in [-0.3, -0.25) is 29.4 Å². The quantitative estimate of drug-likeness (QED) is 0.419. The number of halogens is 2. The molecular weight excluding hydrogens is 409 g/mol. The van der Waals surface area contributed by atoms with E-state index in [1.54, 1.807) is 18.2 Å². The molecule has 1 aliphatic heterocycles. The number of nitrogens with zero attached hydrogens (tertiary/aromatic N) is 3. The summed E-state index contributed by atoms with van der Waals surface area (Å²) in [6.07, 6.45) is 0. The number of imide groups is 1. The third-order valence-electron chi connectivity index (χ3n) is 4.31. The van der Waals surface area contributed by atoms with E-state index < -0.39 is 29.2 Å². The van der Waals surface area contributed by atoms with Crippen LogP contribution in [-0.4, -0.2) is 46.0 Å². The minimum absolute atomic E-state index is 0.0341. The Labute approximate surface area is 169 Å². The lowest BCUT2D eigenvalue weighted by molar-refractivity contribution is -0.384. The molecule has 0 radical (unpaired) electrons. The van der Waals surface area contributed by atoms with Gasteiger partial charge in [0, 0.05) is 35.8 Å². The molecule has 0 bridgehead atoms. The summed E-state index contributed by atoms with van der Waals surface area (Å²) in [7, 11) is 1.51. The number of nitro groups is 1. The molecule has 1 aliphatic rings. The fourth-order valence-electron chi connectivity index (χ4n) is 2.79. The molecule has 0 N–H and O–H groups in total. The number of rotatable bonds is 5. The van der Waals surface area contributed by atoms with E-state index in [4.69, 9.17) is 23.2 Å². The van der Waals surface area contributed by atoms with E-state index in [1.165, 1.54) is 18.0 Å². The fourth-order valence-corrected chi connectivity index (χ4v) is 3.25. The number of likely N-dealkylation sites (N-methyl/N-ethyl adjacent to an activating group) is 1. The number of amides is 3.